The highest BCUT2D eigenvalue weighted by atomic mass is 32.2. The van der Waals surface area contributed by atoms with E-state index in [9.17, 15) is 0 Å². The van der Waals surface area contributed by atoms with Crippen molar-refractivity contribution in [2.75, 3.05) is 6.26 Å². The molecule has 0 aliphatic heterocycles. The van der Waals surface area contributed by atoms with Crippen molar-refractivity contribution in [1.82, 2.24) is 10.1 Å². The first kappa shape index (κ1) is 6.70. The fraction of sp³-hybridized carbons (Fsp3) is 0.250. The van der Waals surface area contributed by atoms with E-state index in [2.05, 4.69) is 32.8 Å². The third-order valence-electron chi connectivity index (χ3n) is 0.749. The highest BCUT2D eigenvalue weighted by Gasteiger charge is 1.93. The summed E-state index contributed by atoms with van der Waals surface area (Å²) >= 11 is 4.62. The normalized spacial score (nSPS) is 13.4. The molecule has 1 unspecified atom stereocenters. The van der Waals surface area contributed by atoms with Gasteiger partial charge in [0.1, 0.15) is 0 Å². The average Bonchev–Trinajstić information content (AvgIpc) is 2.14. The lowest BCUT2D eigenvalue weighted by Gasteiger charge is -1.86. The molecule has 5 heteroatoms. The van der Waals surface area contributed by atoms with Crippen LogP contribution < -0.4 is 0 Å². The lowest BCUT2D eigenvalue weighted by molar-refractivity contribution is 0.392. The molecule has 0 radical (unpaired) electrons. The smallest absolute Gasteiger partial charge is 0.314 e. The molecular weight excluding hydrogens is 156 g/mol. The SMILES string of the molecule is C=S(C)c1nc(=S)o[nH]1. The minimum Gasteiger partial charge on any atom is -0.347 e. The predicted octanol–water partition coefficient (Wildman–Crippen LogP) is 1.42. The van der Waals surface area contributed by atoms with Crippen LogP contribution in [0, 0.1) is 4.84 Å². The molecule has 0 aliphatic rings. The molecular formula is C4H6N2OS2. The van der Waals surface area contributed by atoms with Crippen LogP contribution in [0.25, 0.3) is 0 Å². The van der Waals surface area contributed by atoms with Crippen molar-refractivity contribution in [3.05, 3.63) is 4.84 Å². The Morgan fingerprint density at radius 1 is 1.89 bits per heavy atom. The molecule has 9 heavy (non-hydrogen) atoms. The lowest BCUT2D eigenvalue weighted by atomic mass is 11.3. The van der Waals surface area contributed by atoms with Crippen LogP contribution in [0.2, 0.25) is 0 Å². The van der Waals surface area contributed by atoms with Gasteiger partial charge < -0.3 is 4.52 Å². The Morgan fingerprint density at radius 3 is 2.78 bits per heavy atom. The van der Waals surface area contributed by atoms with Gasteiger partial charge in [0.15, 0.2) is 5.16 Å². The van der Waals surface area contributed by atoms with E-state index in [0.717, 1.165) is 5.16 Å². The number of hydrogen-bond donors (Lipinski definition) is 1. The average molecular weight is 162 g/mol. The maximum Gasteiger partial charge on any atom is 0.314 e. The molecule has 0 saturated heterocycles. The zero-order valence-corrected chi connectivity index (χ0v) is 6.51. The van der Waals surface area contributed by atoms with Crippen LogP contribution in [0.3, 0.4) is 0 Å². The van der Waals surface area contributed by atoms with Gasteiger partial charge in [-0.1, -0.05) is 5.87 Å². The van der Waals surface area contributed by atoms with Crippen LogP contribution in [-0.2, 0) is 0 Å². The van der Waals surface area contributed by atoms with Crippen LogP contribution >= 0.6 is 22.7 Å². The van der Waals surface area contributed by atoms with Crippen LogP contribution in [0.4, 0.5) is 0 Å². The van der Waals surface area contributed by atoms with Gasteiger partial charge in [0.25, 0.3) is 0 Å². The third kappa shape index (κ3) is 1.49. The molecule has 1 aromatic heterocycles. The van der Waals surface area contributed by atoms with Gasteiger partial charge in [-0.15, -0.1) is 10.5 Å². The van der Waals surface area contributed by atoms with E-state index in [1.165, 1.54) is 0 Å². The highest BCUT2D eigenvalue weighted by molar-refractivity contribution is 8.13. The summed E-state index contributed by atoms with van der Waals surface area (Å²) in [5.41, 5.74) is 0. The first-order valence-electron chi connectivity index (χ1n) is 2.21. The van der Waals surface area contributed by atoms with E-state index in [0.29, 0.717) is 0 Å². The van der Waals surface area contributed by atoms with E-state index < -0.39 is 0 Å². The van der Waals surface area contributed by atoms with Crippen molar-refractivity contribution < 1.29 is 4.52 Å². The van der Waals surface area contributed by atoms with E-state index in [4.69, 9.17) is 0 Å². The number of aromatic amines is 1. The molecule has 0 amide bonds. The first-order valence-corrected chi connectivity index (χ1v) is 4.42. The van der Waals surface area contributed by atoms with Gasteiger partial charge in [-0.3, -0.25) is 0 Å². The molecule has 0 aliphatic carbocycles. The molecule has 1 atom stereocenters. The number of aromatic nitrogens is 2. The standard InChI is InChI=1S/C4H6N2OS2/c1-9(2)3-5-4(8)7-6-3/h1H2,2H3,(H,5,6,8). The summed E-state index contributed by atoms with van der Waals surface area (Å²) in [5.74, 6) is 3.75. The molecule has 1 heterocycles. The van der Waals surface area contributed by atoms with Crippen LogP contribution in [0.1, 0.15) is 0 Å². The molecule has 3 nitrogen and oxygen atoms in total. The zero-order valence-electron chi connectivity index (χ0n) is 4.88. The molecule has 1 aromatic rings. The van der Waals surface area contributed by atoms with Gasteiger partial charge >= 0.3 is 4.84 Å². The monoisotopic (exact) mass is 162 g/mol. The van der Waals surface area contributed by atoms with Gasteiger partial charge in [0, 0.05) is 0 Å². The predicted molar refractivity (Wildman–Crippen MR) is 40.6 cm³/mol. The molecule has 0 fully saturated rings. The van der Waals surface area contributed by atoms with Gasteiger partial charge in [0.05, 0.1) is 0 Å². The Balaban J connectivity index is 3.12. The first-order chi connectivity index (χ1) is 4.20. The zero-order chi connectivity index (χ0) is 6.85. The van der Waals surface area contributed by atoms with Gasteiger partial charge in [-0.05, 0) is 18.5 Å². The summed E-state index contributed by atoms with van der Waals surface area (Å²) in [6.45, 7) is 0. The Labute approximate surface area is 60.0 Å². The largest absolute Gasteiger partial charge is 0.347 e. The molecule has 0 bridgehead atoms. The maximum atomic E-state index is 4.67. The van der Waals surface area contributed by atoms with Crippen molar-refractivity contribution >= 4 is 28.6 Å². The summed E-state index contributed by atoms with van der Waals surface area (Å²) in [6.07, 6.45) is 1.93. The summed E-state index contributed by atoms with van der Waals surface area (Å²) in [7, 11) is -0.135. The lowest BCUT2D eigenvalue weighted by Crippen LogP contribution is -1.72. The minimum atomic E-state index is -0.135. The molecule has 0 saturated carbocycles. The van der Waals surface area contributed by atoms with E-state index in [-0.39, 0.29) is 15.3 Å². The number of nitrogens with zero attached hydrogens (tertiary/aromatic N) is 1. The molecule has 1 rings (SSSR count). The maximum absolute atomic E-state index is 4.67. The van der Waals surface area contributed by atoms with E-state index in [1.54, 1.807) is 0 Å². The van der Waals surface area contributed by atoms with Crippen molar-refractivity contribution in [3.63, 3.8) is 0 Å². The van der Waals surface area contributed by atoms with Gasteiger partial charge in [-0.25, -0.2) is 0 Å². The van der Waals surface area contributed by atoms with Crippen molar-refractivity contribution in [2.24, 2.45) is 0 Å². The minimum absolute atomic E-state index is 0.135. The van der Waals surface area contributed by atoms with Gasteiger partial charge in [0.2, 0.25) is 0 Å². The molecule has 0 spiro atoms. The van der Waals surface area contributed by atoms with Crippen LogP contribution in [0.15, 0.2) is 9.68 Å². The quantitative estimate of drug-likeness (QED) is 0.635. The number of nitrogens with one attached hydrogen (secondary N) is 1. The summed E-state index contributed by atoms with van der Waals surface area (Å²) in [6, 6.07) is 0. The summed E-state index contributed by atoms with van der Waals surface area (Å²) in [4.78, 5) is 4.10. The number of hydrogen-bond acceptors (Lipinski definition) is 3. The van der Waals surface area contributed by atoms with Crippen LogP contribution in [0.5, 0.6) is 0 Å². The second-order valence-electron chi connectivity index (χ2n) is 1.52. The number of H-pyrrole nitrogens is 1. The van der Waals surface area contributed by atoms with Crippen LogP contribution in [-0.4, -0.2) is 22.3 Å². The second-order valence-corrected chi connectivity index (χ2v) is 3.53. The summed E-state index contributed by atoms with van der Waals surface area (Å²) < 4.78 is 4.67. The Kier molecular flexibility index (Phi) is 1.82. The molecule has 1 N–H and O–H groups in total. The molecule has 50 valence electrons. The Bertz CT molecular complexity index is 274. The fourth-order valence-electron chi connectivity index (χ4n) is 0.365. The van der Waals surface area contributed by atoms with E-state index in [1.807, 2.05) is 6.26 Å². The topological polar surface area (TPSA) is 41.8 Å². The fourth-order valence-corrected chi connectivity index (χ4v) is 0.978. The third-order valence-corrected chi connectivity index (χ3v) is 1.76. The Hall–Kier alpha value is -0.420. The highest BCUT2D eigenvalue weighted by Crippen LogP contribution is 2.13. The summed E-state index contributed by atoms with van der Waals surface area (Å²) in [5, 5.41) is 3.29. The van der Waals surface area contributed by atoms with Gasteiger partial charge in [-0.2, -0.15) is 10.1 Å². The molecule has 0 aromatic carbocycles. The van der Waals surface area contributed by atoms with E-state index >= 15 is 0 Å². The van der Waals surface area contributed by atoms with Crippen molar-refractivity contribution in [2.45, 2.75) is 5.16 Å². The second kappa shape index (κ2) is 2.45. The van der Waals surface area contributed by atoms with Crippen molar-refractivity contribution in [3.8, 4) is 0 Å². The number of rotatable bonds is 1. The Morgan fingerprint density at radius 2 is 2.56 bits per heavy atom. The van der Waals surface area contributed by atoms with Crippen molar-refractivity contribution in [1.29, 1.82) is 0 Å².